The summed E-state index contributed by atoms with van der Waals surface area (Å²) < 4.78 is 28.3. The highest BCUT2D eigenvalue weighted by atomic mass is 79.9. The number of nitrogens with zero attached hydrogens (tertiary/aromatic N) is 1. The number of halogens is 1. The van der Waals surface area contributed by atoms with Gasteiger partial charge in [0.25, 0.3) is 15.7 Å². The molecule has 0 heterocycles. The van der Waals surface area contributed by atoms with Gasteiger partial charge in [-0.3, -0.25) is 19.6 Å². The van der Waals surface area contributed by atoms with Crippen molar-refractivity contribution >= 4 is 55.0 Å². The first-order valence-corrected chi connectivity index (χ1v) is 11.1. The van der Waals surface area contributed by atoms with Crippen molar-refractivity contribution in [2.24, 2.45) is 0 Å². The van der Waals surface area contributed by atoms with E-state index in [0.717, 1.165) is 4.47 Å². The molecule has 0 aromatic heterocycles. The van der Waals surface area contributed by atoms with E-state index in [9.17, 15) is 23.3 Å². The van der Waals surface area contributed by atoms with Crippen LogP contribution in [0, 0.1) is 10.1 Å². The molecule has 1 amide bonds. The number of nitro groups is 1. The molecule has 0 saturated carbocycles. The fourth-order valence-electron chi connectivity index (χ4n) is 2.51. The molecule has 3 rings (SSSR count). The Labute approximate surface area is 186 Å². The smallest absolute Gasteiger partial charge is 0.269 e. The molecule has 31 heavy (non-hydrogen) atoms. The lowest BCUT2D eigenvalue weighted by molar-refractivity contribution is -0.384. The van der Waals surface area contributed by atoms with Crippen molar-refractivity contribution in [3.05, 3.63) is 99.0 Å². The molecule has 0 unspecified atom stereocenters. The first kappa shape index (κ1) is 22.2. The van der Waals surface area contributed by atoms with Crippen LogP contribution in [-0.2, 0) is 14.8 Å². The van der Waals surface area contributed by atoms with Crippen molar-refractivity contribution in [1.29, 1.82) is 0 Å². The molecule has 0 bridgehead atoms. The summed E-state index contributed by atoms with van der Waals surface area (Å²) in [6.07, 6.45) is 2.79. The summed E-state index contributed by atoms with van der Waals surface area (Å²) in [6.45, 7) is 0. The molecule has 2 N–H and O–H groups in total. The minimum Gasteiger partial charge on any atom is -0.323 e. The summed E-state index contributed by atoms with van der Waals surface area (Å²) in [5.41, 5.74) is 1.44. The first-order valence-electron chi connectivity index (χ1n) is 8.85. The van der Waals surface area contributed by atoms with Gasteiger partial charge >= 0.3 is 0 Å². The molecule has 8 nitrogen and oxygen atoms in total. The van der Waals surface area contributed by atoms with E-state index in [-0.39, 0.29) is 10.6 Å². The number of nitrogens with one attached hydrogen (secondary N) is 2. The second-order valence-electron chi connectivity index (χ2n) is 6.31. The maximum absolute atomic E-state index is 12.5. The Bertz CT molecular complexity index is 1220. The SMILES string of the molecule is O=C(/C=C/c1ccc([N+](=O)[O-])cc1)Nc1ccc(S(=O)(=O)Nc2ccc(Br)cc2)cc1. The third-order valence-corrected chi connectivity index (χ3v) is 5.99. The molecule has 0 spiro atoms. The van der Waals surface area contributed by atoms with Crippen molar-refractivity contribution in [2.75, 3.05) is 10.0 Å². The number of non-ortho nitro benzene ring substituents is 1. The van der Waals surface area contributed by atoms with E-state index >= 15 is 0 Å². The highest BCUT2D eigenvalue weighted by Gasteiger charge is 2.14. The largest absolute Gasteiger partial charge is 0.323 e. The number of carbonyl (C=O) groups excluding carboxylic acids is 1. The lowest BCUT2D eigenvalue weighted by atomic mass is 10.2. The average Bonchev–Trinajstić information content (AvgIpc) is 2.74. The summed E-state index contributed by atoms with van der Waals surface area (Å²) in [6, 6.07) is 18.2. The summed E-state index contributed by atoms with van der Waals surface area (Å²) in [5, 5.41) is 13.3. The minimum absolute atomic E-state index is 0.0359. The molecule has 0 aliphatic carbocycles. The number of rotatable bonds is 7. The number of nitro benzene ring substituents is 1. The number of carbonyl (C=O) groups is 1. The molecule has 0 aliphatic rings. The zero-order valence-corrected chi connectivity index (χ0v) is 18.3. The molecular weight excluding hydrogens is 486 g/mol. The van der Waals surface area contributed by atoms with Gasteiger partial charge in [0.1, 0.15) is 0 Å². The number of hydrogen-bond donors (Lipinski definition) is 2. The Morgan fingerprint density at radius 3 is 2.06 bits per heavy atom. The van der Waals surface area contributed by atoms with Crippen LogP contribution in [0.15, 0.2) is 88.2 Å². The lowest BCUT2D eigenvalue weighted by Gasteiger charge is -2.09. The predicted molar refractivity (Wildman–Crippen MR) is 122 cm³/mol. The second-order valence-corrected chi connectivity index (χ2v) is 8.91. The van der Waals surface area contributed by atoms with E-state index in [1.807, 2.05) is 0 Å². The standard InChI is InChI=1S/C21H16BrN3O5S/c22-16-4-6-18(7-5-16)24-31(29,30)20-12-8-17(9-13-20)23-21(26)14-3-15-1-10-19(11-2-15)25(27)28/h1-14,24H,(H,23,26)/b14-3+. The topological polar surface area (TPSA) is 118 Å². The fraction of sp³-hybridized carbons (Fsp3) is 0. The fourth-order valence-corrected chi connectivity index (χ4v) is 3.84. The average molecular weight is 502 g/mol. The van der Waals surface area contributed by atoms with Crippen molar-refractivity contribution in [2.45, 2.75) is 4.90 Å². The Hall–Kier alpha value is -3.50. The Kier molecular flexibility index (Phi) is 6.83. The molecule has 0 fully saturated rings. The quantitative estimate of drug-likeness (QED) is 0.273. The third-order valence-electron chi connectivity index (χ3n) is 4.06. The highest BCUT2D eigenvalue weighted by molar-refractivity contribution is 9.10. The van der Waals surface area contributed by atoms with Gasteiger partial charge < -0.3 is 5.32 Å². The monoisotopic (exact) mass is 501 g/mol. The van der Waals surface area contributed by atoms with Gasteiger partial charge in [-0.2, -0.15) is 0 Å². The maximum Gasteiger partial charge on any atom is 0.269 e. The van der Waals surface area contributed by atoms with Crippen molar-refractivity contribution in [3.63, 3.8) is 0 Å². The maximum atomic E-state index is 12.5. The van der Waals surface area contributed by atoms with E-state index in [4.69, 9.17) is 0 Å². The molecular formula is C21H16BrN3O5S. The van der Waals surface area contributed by atoms with Crippen molar-refractivity contribution in [1.82, 2.24) is 0 Å². The van der Waals surface area contributed by atoms with Crippen LogP contribution in [0.25, 0.3) is 6.08 Å². The van der Waals surface area contributed by atoms with E-state index in [2.05, 4.69) is 26.0 Å². The van der Waals surface area contributed by atoms with Gasteiger partial charge in [0.15, 0.2) is 0 Å². The van der Waals surface area contributed by atoms with Crippen LogP contribution in [0.4, 0.5) is 17.1 Å². The Morgan fingerprint density at radius 2 is 1.48 bits per heavy atom. The van der Waals surface area contributed by atoms with Gasteiger partial charge in [-0.15, -0.1) is 0 Å². The predicted octanol–water partition coefficient (Wildman–Crippen LogP) is 4.81. The molecule has 0 aliphatic heterocycles. The molecule has 158 valence electrons. The lowest BCUT2D eigenvalue weighted by Crippen LogP contribution is -2.13. The summed E-state index contributed by atoms with van der Waals surface area (Å²) in [7, 11) is -3.77. The molecule has 0 saturated heterocycles. The van der Waals surface area contributed by atoms with Gasteiger partial charge in [0.2, 0.25) is 5.91 Å². The third kappa shape index (κ3) is 6.24. The molecule has 3 aromatic carbocycles. The van der Waals surface area contributed by atoms with Crippen LogP contribution in [0.2, 0.25) is 0 Å². The van der Waals surface area contributed by atoms with Crippen LogP contribution in [0.3, 0.4) is 0 Å². The second kappa shape index (κ2) is 9.54. The Balaban J connectivity index is 1.62. The molecule has 0 atom stereocenters. The van der Waals surface area contributed by atoms with Crippen LogP contribution < -0.4 is 10.0 Å². The zero-order valence-electron chi connectivity index (χ0n) is 15.9. The minimum atomic E-state index is -3.77. The molecule has 10 heteroatoms. The van der Waals surface area contributed by atoms with Crippen LogP contribution in [-0.4, -0.2) is 19.2 Å². The van der Waals surface area contributed by atoms with Crippen LogP contribution >= 0.6 is 15.9 Å². The number of hydrogen-bond acceptors (Lipinski definition) is 5. The summed E-state index contributed by atoms with van der Waals surface area (Å²) in [4.78, 5) is 22.3. The van der Waals surface area contributed by atoms with E-state index in [1.165, 1.54) is 60.7 Å². The number of amides is 1. The summed E-state index contributed by atoms with van der Waals surface area (Å²) in [5.74, 6) is -0.429. The Morgan fingerprint density at radius 1 is 0.903 bits per heavy atom. The van der Waals surface area contributed by atoms with Gasteiger partial charge in [-0.25, -0.2) is 8.42 Å². The van der Waals surface area contributed by atoms with Crippen LogP contribution in [0.5, 0.6) is 0 Å². The number of benzene rings is 3. The summed E-state index contributed by atoms with van der Waals surface area (Å²) >= 11 is 3.29. The molecule has 3 aromatic rings. The van der Waals surface area contributed by atoms with E-state index < -0.39 is 20.9 Å². The van der Waals surface area contributed by atoms with E-state index in [0.29, 0.717) is 16.9 Å². The number of sulfonamides is 1. The van der Waals surface area contributed by atoms with Crippen LogP contribution in [0.1, 0.15) is 5.56 Å². The van der Waals surface area contributed by atoms with E-state index in [1.54, 1.807) is 24.3 Å². The highest BCUT2D eigenvalue weighted by Crippen LogP contribution is 2.20. The van der Waals surface area contributed by atoms with Gasteiger partial charge in [-0.1, -0.05) is 15.9 Å². The molecule has 0 radical (unpaired) electrons. The zero-order chi connectivity index (χ0) is 22.4. The first-order chi connectivity index (χ1) is 14.7. The van der Waals surface area contributed by atoms with Crippen molar-refractivity contribution in [3.8, 4) is 0 Å². The van der Waals surface area contributed by atoms with Gasteiger partial charge in [0, 0.05) is 34.1 Å². The number of anilines is 2. The van der Waals surface area contributed by atoms with Crippen molar-refractivity contribution < 1.29 is 18.1 Å². The van der Waals surface area contributed by atoms with Gasteiger partial charge in [0.05, 0.1) is 9.82 Å². The van der Waals surface area contributed by atoms with Gasteiger partial charge in [-0.05, 0) is 72.3 Å². The normalized spacial score (nSPS) is 11.3.